The molecular weight excluding hydrogens is 390 g/mol. The lowest BCUT2D eigenvalue weighted by molar-refractivity contribution is 0.344. The Kier molecular flexibility index (Phi) is 6.19. The van der Waals surface area contributed by atoms with Crippen molar-refractivity contribution in [2.45, 2.75) is 25.9 Å². The van der Waals surface area contributed by atoms with Gasteiger partial charge in [-0.3, -0.25) is 4.57 Å². The van der Waals surface area contributed by atoms with Gasteiger partial charge in [0.1, 0.15) is 5.75 Å². The minimum atomic E-state index is 0.606. The highest BCUT2D eigenvalue weighted by atomic mass is 32.2. The van der Waals surface area contributed by atoms with E-state index in [-0.39, 0.29) is 0 Å². The zero-order valence-corrected chi connectivity index (χ0v) is 18.3. The second-order valence-corrected chi connectivity index (χ2v) is 8.42. The fourth-order valence-electron chi connectivity index (χ4n) is 3.11. The highest BCUT2D eigenvalue weighted by Gasteiger charge is 2.16. The molecule has 0 bridgehead atoms. The van der Waals surface area contributed by atoms with Gasteiger partial charge in [-0.1, -0.05) is 77.0 Å². The molecule has 152 valence electrons. The summed E-state index contributed by atoms with van der Waals surface area (Å²) in [6.45, 7) is 6.86. The molecule has 0 aliphatic rings. The SMILES string of the molecule is Cc1ccc(OCCSc2nnc(-c3ccc(C)cc3)n2-c2ccc(C)cc2)cc1. The lowest BCUT2D eigenvalue weighted by Gasteiger charge is -2.11. The predicted molar refractivity (Wildman–Crippen MR) is 124 cm³/mol. The Morgan fingerprint density at radius 2 is 1.30 bits per heavy atom. The fraction of sp³-hybridized carbons (Fsp3) is 0.200. The Morgan fingerprint density at radius 1 is 0.733 bits per heavy atom. The van der Waals surface area contributed by atoms with Gasteiger partial charge in [0.15, 0.2) is 11.0 Å². The Morgan fingerprint density at radius 3 is 1.93 bits per heavy atom. The van der Waals surface area contributed by atoms with Crippen molar-refractivity contribution >= 4 is 11.8 Å². The van der Waals surface area contributed by atoms with E-state index in [0.29, 0.717) is 6.61 Å². The number of hydrogen-bond acceptors (Lipinski definition) is 4. The molecule has 0 aliphatic heterocycles. The van der Waals surface area contributed by atoms with Crippen molar-refractivity contribution in [3.8, 4) is 22.8 Å². The second-order valence-electron chi connectivity index (χ2n) is 7.35. The number of rotatable bonds is 7. The number of aryl methyl sites for hydroxylation is 3. The van der Waals surface area contributed by atoms with Crippen molar-refractivity contribution in [2.24, 2.45) is 0 Å². The van der Waals surface area contributed by atoms with Gasteiger partial charge in [0.25, 0.3) is 0 Å². The summed E-state index contributed by atoms with van der Waals surface area (Å²) >= 11 is 1.65. The first-order chi connectivity index (χ1) is 14.6. The van der Waals surface area contributed by atoms with Crippen LogP contribution in [0.15, 0.2) is 78.0 Å². The molecule has 0 atom stereocenters. The molecule has 0 aliphatic carbocycles. The Balaban J connectivity index is 1.55. The van der Waals surface area contributed by atoms with Crippen LogP contribution in [0.2, 0.25) is 0 Å². The minimum Gasteiger partial charge on any atom is -0.493 e. The van der Waals surface area contributed by atoms with E-state index in [0.717, 1.165) is 33.7 Å². The van der Waals surface area contributed by atoms with Crippen molar-refractivity contribution in [1.82, 2.24) is 14.8 Å². The van der Waals surface area contributed by atoms with Gasteiger partial charge in [-0.2, -0.15) is 0 Å². The van der Waals surface area contributed by atoms with Crippen LogP contribution in [-0.2, 0) is 0 Å². The first-order valence-corrected chi connectivity index (χ1v) is 11.0. The Bertz CT molecular complexity index is 1100. The number of aromatic nitrogens is 3. The zero-order valence-electron chi connectivity index (χ0n) is 17.5. The molecule has 0 spiro atoms. The van der Waals surface area contributed by atoms with Gasteiger partial charge in [0.2, 0.25) is 0 Å². The molecule has 30 heavy (non-hydrogen) atoms. The molecule has 0 saturated heterocycles. The van der Waals surface area contributed by atoms with Crippen molar-refractivity contribution in [3.05, 3.63) is 89.5 Å². The van der Waals surface area contributed by atoms with Crippen LogP contribution in [0.1, 0.15) is 16.7 Å². The third kappa shape index (κ3) is 4.74. The van der Waals surface area contributed by atoms with Gasteiger partial charge >= 0.3 is 0 Å². The van der Waals surface area contributed by atoms with Gasteiger partial charge in [0.05, 0.1) is 6.61 Å². The molecule has 0 N–H and O–H groups in total. The summed E-state index contributed by atoms with van der Waals surface area (Å²) < 4.78 is 8.00. The minimum absolute atomic E-state index is 0.606. The largest absolute Gasteiger partial charge is 0.493 e. The number of thioether (sulfide) groups is 1. The smallest absolute Gasteiger partial charge is 0.196 e. The van der Waals surface area contributed by atoms with Gasteiger partial charge in [-0.25, -0.2) is 0 Å². The van der Waals surface area contributed by atoms with Crippen LogP contribution in [0, 0.1) is 20.8 Å². The van der Waals surface area contributed by atoms with Crippen LogP contribution < -0.4 is 4.74 Å². The average molecular weight is 416 g/mol. The lowest BCUT2D eigenvalue weighted by Crippen LogP contribution is -2.03. The van der Waals surface area contributed by atoms with Crippen LogP contribution in [0.3, 0.4) is 0 Å². The summed E-state index contributed by atoms with van der Waals surface area (Å²) in [6, 6.07) is 25.0. The fourth-order valence-corrected chi connectivity index (χ4v) is 3.88. The van der Waals surface area contributed by atoms with E-state index in [1.807, 2.05) is 12.1 Å². The number of benzene rings is 3. The molecule has 4 nitrogen and oxygen atoms in total. The molecule has 0 fully saturated rings. The molecule has 3 aromatic carbocycles. The molecular formula is C25H25N3OS. The number of nitrogens with zero attached hydrogens (tertiary/aromatic N) is 3. The summed E-state index contributed by atoms with van der Waals surface area (Å²) in [7, 11) is 0. The molecule has 5 heteroatoms. The van der Waals surface area contributed by atoms with Crippen LogP contribution in [0.25, 0.3) is 17.1 Å². The molecule has 4 rings (SSSR count). The molecule has 0 unspecified atom stereocenters. The van der Waals surface area contributed by atoms with Crippen LogP contribution in [-0.4, -0.2) is 27.1 Å². The molecule has 0 saturated carbocycles. The average Bonchev–Trinajstić information content (AvgIpc) is 3.17. The van der Waals surface area contributed by atoms with Gasteiger partial charge in [0, 0.05) is 17.0 Å². The highest BCUT2D eigenvalue weighted by Crippen LogP contribution is 2.28. The van der Waals surface area contributed by atoms with Gasteiger partial charge < -0.3 is 4.74 Å². The van der Waals surface area contributed by atoms with Crippen molar-refractivity contribution in [2.75, 3.05) is 12.4 Å². The quantitative estimate of drug-likeness (QED) is 0.273. The normalized spacial score (nSPS) is 10.9. The first kappa shape index (κ1) is 20.2. The molecule has 4 aromatic rings. The summed E-state index contributed by atoms with van der Waals surface area (Å²) in [5.41, 5.74) is 5.79. The molecule has 0 amide bonds. The topological polar surface area (TPSA) is 39.9 Å². The van der Waals surface area contributed by atoms with E-state index < -0.39 is 0 Å². The zero-order chi connectivity index (χ0) is 20.9. The van der Waals surface area contributed by atoms with Crippen molar-refractivity contribution < 1.29 is 4.74 Å². The van der Waals surface area contributed by atoms with E-state index in [4.69, 9.17) is 4.74 Å². The third-order valence-electron chi connectivity index (χ3n) is 4.84. The molecule has 1 heterocycles. The van der Waals surface area contributed by atoms with Crippen LogP contribution in [0.5, 0.6) is 5.75 Å². The summed E-state index contributed by atoms with van der Waals surface area (Å²) in [6.07, 6.45) is 0. The van der Waals surface area contributed by atoms with E-state index in [2.05, 4.69) is 96.2 Å². The second kappa shape index (κ2) is 9.18. The van der Waals surface area contributed by atoms with E-state index >= 15 is 0 Å². The van der Waals surface area contributed by atoms with E-state index in [1.165, 1.54) is 16.7 Å². The van der Waals surface area contributed by atoms with Gasteiger partial charge in [-0.05, 0) is 45.0 Å². The summed E-state index contributed by atoms with van der Waals surface area (Å²) in [5.74, 6) is 2.52. The molecule has 1 aromatic heterocycles. The maximum atomic E-state index is 5.87. The third-order valence-corrected chi connectivity index (χ3v) is 5.73. The standard InChI is InChI=1S/C25H25N3OS/c1-18-4-10-21(11-5-18)24-26-27-25(28(24)22-12-6-19(2)7-13-22)30-17-16-29-23-14-8-20(3)9-15-23/h4-15H,16-17H2,1-3H3. The van der Waals surface area contributed by atoms with Crippen LogP contribution >= 0.6 is 11.8 Å². The maximum absolute atomic E-state index is 5.87. The van der Waals surface area contributed by atoms with Gasteiger partial charge in [-0.15, -0.1) is 10.2 Å². The van der Waals surface area contributed by atoms with E-state index in [1.54, 1.807) is 11.8 Å². The Labute approximate surface area is 181 Å². The van der Waals surface area contributed by atoms with Crippen molar-refractivity contribution in [1.29, 1.82) is 0 Å². The summed E-state index contributed by atoms with van der Waals surface area (Å²) in [5, 5.41) is 9.87. The lowest BCUT2D eigenvalue weighted by atomic mass is 10.1. The highest BCUT2D eigenvalue weighted by molar-refractivity contribution is 7.99. The van der Waals surface area contributed by atoms with Crippen molar-refractivity contribution in [3.63, 3.8) is 0 Å². The molecule has 0 radical (unpaired) electrons. The predicted octanol–water partition coefficient (Wildman–Crippen LogP) is 6.03. The summed E-state index contributed by atoms with van der Waals surface area (Å²) in [4.78, 5) is 0. The maximum Gasteiger partial charge on any atom is 0.196 e. The number of hydrogen-bond donors (Lipinski definition) is 0. The van der Waals surface area contributed by atoms with E-state index in [9.17, 15) is 0 Å². The van der Waals surface area contributed by atoms with Crippen LogP contribution in [0.4, 0.5) is 0 Å². The monoisotopic (exact) mass is 415 g/mol. The Hall–Kier alpha value is -3.05. The number of ether oxygens (including phenoxy) is 1. The first-order valence-electron chi connectivity index (χ1n) is 10.0.